The fourth-order valence-electron chi connectivity index (χ4n) is 0.959. The molecule has 0 saturated heterocycles. The van der Waals surface area contributed by atoms with Crippen LogP contribution in [0, 0.1) is 0 Å². The first-order valence-electron chi connectivity index (χ1n) is 5.90. The summed E-state index contributed by atoms with van der Waals surface area (Å²) in [4.78, 5) is 10.8. The highest BCUT2D eigenvalue weighted by Gasteiger charge is 2.08. The van der Waals surface area contributed by atoms with Crippen molar-refractivity contribution >= 4 is 5.78 Å². The van der Waals surface area contributed by atoms with Crippen LogP contribution in [0.1, 0.15) is 60.8 Å². The van der Waals surface area contributed by atoms with Gasteiger partial charge in [0.25, 0.3) is 0 Å². The molecule has 0 rings (SSSR count). The first-order chi connectivity index (χ1) is 6.72. The lowest BCUT2D eigenvalue weighted by Gasteiger charge is -2.10. The largest absolute Gasteiger partial charge is 0.311 e. The van der Waals surface area contributed by atoms with Gasteiger partial charge in [0.1, 0.15) is 5.78 Å². The Morgan fingerprint density at radius 3 is 1.86 bits per heavy atom. The van der Waals surface area contributed by atoms with Crippen LogP contribution in [0.25, 0.3) is 0 Å². The highest BCUT2D eigenvalue weighted by atomic mass is 16.1. The Labute approximate surface area is 90.5 Å². The number of carbonyl (C=O) groups is 1. The number of hydrogen-bond donors (Lipinski definition) is 1. The summed E-state index contributed by atoms with van der Waals surface area (Å²) in [6.07, 6.45) is 3.26. The number of rotatable bonds is 5. The number of carbonyl (C=O) groups excluding carboxylic acids is 1. The van der Waals surface area contributed by atoms with E-state index in [1.807, 2.05) is 34.7 Å². The van der Waals surface area contributed by atoms with Crippen molar-refractivity contribution in [1.29, 1.82) is 0 Å². The van der Waals surface area contributed by atoms with Gasteiger partial charge in [0.15, 0.2) is 0 Å². The molecule has 0 heterocycles. The van der Waals surface area contributed by atoms with E-state index in [2.05, 4.69) is 12.2 Å². The van der Waals surface area contributed by atoms with Gasteiger partial charge in [-0.1, -0.05) is 47.5 Å². The van der Waals surface area contributed by atoms with Gasteiger partial charge < -0.3 is 5.32 Å². The third-order valence-electron chi connectivity index (χ3n) is 1.69. The van der Waals surface area contributed by atoms with Gasteiger partial charge in [0, 0.05) is 0 Å². The molecule has 0 fully saturated rings. The van der Waals surface area contributed by atoms with Crippen LogP contribution in [-0.2, 0) is 4.79 Å². The minimum absolute atomic E-state index is 0.0833. The van der Waals surface area contributed by atoms with Crippen molar-refractivity contribution in [2.24, 2.45) is 0 Å². The number of hydrogen-bond acceptors (Lipinski definition) is 2. The average Bonchev–Trinajstić information content (AvgIpc) is 2.24. The molecule has 0 aromatic rings. The monoisotopic (exact) mass is 203 g/mol. The first kappa shape index (κ1) is 19.2. The summed E-state index contributed by atoms with van der Waals surface area (Å²) in [6.45, 7) is 11.8. The standard InChI is InChI=1S/C8H17NO.2C2H6/c1-4-5-6-8(9-3)7(2)10;2*1-2/h8-9H,4-6H2,1-3H3;2*1-2H3. The van der Waals surface area contributed by atoms with E-state index in [1.165, 1.54) is 0 Å². The van der Waals surface area contributed by atoms with E-state index >= 15 is 0 Å². The number of nitrogens with one attached hydrogen (secondary N) is 1. The van der Waals surface area contributed by atoms with E-state index in [-0.39, 0.29) is 11.8 Å². The fourth-order valence-corrected chi connectivity index (χ4v) is 0.959. The van der Waals surface area contributed by atoms with Crippen LogP contribution in [0.4, 0.5) is 0 Å². The second-order valence-corrected chi connectivity index (χ2v) is 2.59. The minimum Gasteiger partial charge on any atom is -0.311 e. The Hall–Kier alpha value is -0.370. The third kappa shape index (κ3) is 14.2. The molecule has 0 radical (unpaired) electrons. The molecule has 14 heavy (non-hydrogen) atoms. The number of ketones is 1. The third-order valence-corrected chi connectivity index (χ3v) is 1.69. The van der Waals surface area contributed by atoms with Crippen molar-refractivity contribution in [1.82, 2.24) is 5.32 Å². The summed E-state index contributed by atoms with van der Waals surface area (Å²) in [5, 5.41) is 2.99. The smallest absolute Gasteiger partial charge is 0.146 e. The van der Waals surface area contributed by atoms with Gasteiger partial charge in [-0.15, -0.1) is 0 Å². The van der Waals surface area contributed by atoms with E-state index in [9.17, 15) is 4.79 Å². The zero-order chi connectivity index (χ0) is 12.0. The molecule has 0 saturated carbocycles. The maximum Gasteiger partial charge on any atom is 0.146 e. The van der Waals surface area contributed by atoms with Gasteiger partial charge >= 0.3 is 0 Å². The lowest BCUT2D eigenvalue weighted by molar-refractivity contribution is -0.119. The Bertz CT molecular complexity index is 102. The average molecular weight is 203 g/mol. The number of Topliss-reactive ketones (excluding diaryl/α,β-unsaturated/α-hetero) is 1. The maximum atomic E-state index is 10.8. The topological polar surface area (TPSA) is 29.1 Å². The van der Waals surface area contributed by atoms with Gasteiger partial charge in [0.2, 0.25) is 0 Å². The van der Waals surface area contributed by atoms with Gasteiger partial charge in [-0.3, -0.25) is 4.79 Å². The Morgan fingerprint density at radius 1 is 1.21 bits per heavy atom. The van der Waals surface area contributed by atoms with E-state index in [1.54, 1.807) is 6.92 Å². The molecule has 1 N–H and O–H groups in total. The summed E-state index contributed by atoms with van der Waals surface area (Å²) in [6, 6.07) is 0.0833. The lowest BCUT2D eigenvalue weighted by Crippen LogP contribution is -2.31. The zero-order valence-electron chi connectivity index (χ0n) is 11.1. The van der Waals surface area contributed by atoms with E-state index in [0.717, 1.165) is 19.3 Å². The summed E-state index contributed by atoms with van der Waals surface area (Å²) in [5.41, 5.74) is 0. The van der Waals surface area contributed by atoms with Crippen LogP contribution in [0.5, 0.6) is 0 Å². The van der Waals surface area contributed by atoms with Crippen LogP contribution in [0.2, 0.25) is 0 Å². The highest BCUT2D eigenvalue weighted by Crippen LogP contribution is 2.00. The molecular formula is C12H29NO. The molecule has 0 aliphatic rings. The Kier molecular flexibility index (Phi) is 25.3. The predicted molar refractivity (Wildman–Crippen MR) is 65.7 cm³/mol. The molecule has 88 valence electrons. The van der Waals surface area contributed by atoms with Crippen molar-refractivity contribution in [2.75, 3.05) is 7.05 Å². The molecule has 2 heteroatoms. The Balaban J connectivity index is -0.000000266. The van der Waals surface area contributed by atoms with E-state index < -0.39 is 0 Å². The molecule has 0 amide bonds. The summed E-state index contributed by atoms with van der Waals surface area (Å²) >= 11 is 0. The highest BCUT2D eigenvalue weighted by molar-refractivity contribution is 5.81. The van der Waals surface area contributed by atoms with Crippen LogP contribution >= 0.6 is 0 Å². The predicted octanol–water partition coefficient (Wildman–Crippen LogP) is 3.41. The van der Waals surface area contributed by atoms with Gasteiger partial charge in [-0.05, 0) is 20.4 Å². The summed E-state index contributed by atoms with van der Waals surface area (Å²) < 4.78 is 0. The van der Waals surface area contributed by atoms with E-state index in [0.29, 0.717) is 0 Å². The quantitative estimate of drug-likeness (QED) is 0.742. The molecule has 0 spiro atoms. The first-order valence-corrected chi connectivity index (χ1v) is 5.90. The maximum absolute atomic E-state index is 10.8. The molecule has 2 nitrogen and oxygen atoms in total. The van der Waals surface area contributed by atoms with Crippen molar-refractivity contribution in [3.8, 4) is 0 Å². The molecule has 0 aromatic heterocycles. The van der Waals surface area contributed by atoms with E-state index in [4.69, 9.17) is 0 Å². The zero-order valence-corrected chi connectivity index (χ0v) is 11.1. The van der Waals surface area contributed by atoms with Crippen molar-refractivity contribution in [3.63, 3.8) is 0 Å². The molecule has 0 aromatic carbocycles. The second kappa shape index (κ2) is 18.4. The van der Waals surface area contributed by atoms with Crippen LogP contribution < -0.4 is 5.32 Å². The second-order valence-electron chi connectivity index (χ2n) is 2.59. The fraction of sp³-hybridized carbons (Fsp3) is 0.917. The van der Waals surface area contributed by atoms with Gasteiger partial charge in [0.05, 0.1) is 6.04 Å². The van der Waals surface area contributed by atoms with Gasteiger partial charge in [-0.2, -0.15) is 0 Å². The van der Waals surface area contributed by atoms with Crippen molar-refractivity contribution in [2.45, 2.75) is 66.8 Å². The molecule has 0 bridgehead atoms. The molecule has 0 aliphatic heterocycles. The number of unbranched alkanes of at least 4 members (excludes halogenated alkanes) is 1. The normalized spacial score (nSPS) is 10.2. The Morgan fingerprint density at radius 2 is 1.64 bits per heavy atom. The molecule has 1 atom stereocenters. The molecular weight excluding hydrogens is 174 g/mol. The van der Waals surface area contributed by atoms with Gasteiger partial charge in [-0.25, -0.2) is 0 Å². The number of likely N-dealkylation sites (N-methyl/N-ethyl adjacent to an activating group) is 1. The van der Waals surface area contributed by atoms with Crippen LogP contribution in [0.3, 0.4) is 0 Å². The van der Waals surface area contributed by atoms with Crippen molar-refractivity contribution in [3.05, 3.63) is 0 Å². The van der Waals surface area contributed by atoms with Crippen molar-refractivity contribution < 1.29 is 4.79 Å². The SMILES string of the molecule is CC.CC.CCCCC(NC)C(C)=O. The summed E-state index contributed by atoms with van der Waals surface area (Å²) in [7, 11) is 1.84. The molecule has 1 unspecified atom stereocenters. The van der Waals surface area contributed by atoms with Crippen LogP contribution in [-0.4, -0.2) is 18.9 Å². The minimum atomic E-state index is 0.0833. The lowest BCUT2D eigenvalue weighted by atomic mass is 10.1. The summed E-state index contributed by atoms with van der Waals surface area (Å²) in [5.74, 6) is 0.246. The van der Waals surface area contributed by atoms with Crippen LogP contribution in [0.15, 0.2) is 0 Å². The molecule has 0 aliphatic carbocycles.